The maximum absolute atomic E-state index is 5.90. The van der Waals surface area contributed by atoms with Gasteiger partial charge in [0.1, 0.15) is 22.9 Å². The average molecular weight is 487 g/mol. The van der Waals surface area contributed by atoms with E-state index in [1.807, 2.05) is 79.9 Å². The number of hydrogen-bond acceptors (Lipinski definition) is 3. The SMILES string of the molecule is CNc1ccc([NH2+]c2ccc([NH+]=C3C=CC(=Nc4ccc(Oc5ccc(C)cc5)cc4)C=C3)cc2)cc1. The van der Waals surface area contributed by atoms with Crippen LogP contribution in [0, 0.1) is 6.92 Å². The molecule has 0 aromatic heterocycles. The quantitative estimate of drug-likeness (QED) is 0.242. The van der Waals surface area contributed by atoms with Crippen LogP contribution in [0.1, 0.15) is 5.56 Å². The lowest BCUT2D eigenvalue weighted by Gasteiger charge is -2.06. The molecule has 0 spiro atoms. The summed E-state index contributed by atoms with van der Waals surface area (Å²) in [6, 6.07) is 32.6. The normalized spacial score (nSPS) is 12.4. The maximum atomic E-state index is 5.90. The number of anilines is 1. The maximum Gasteiger partial charge on any atom is 0.204 e. The summed E-state index contributed by atoms with van der Waals surface area (Å²) in [5.74, 6) is 1.61. The molecule has 0 fully saturated rings. The molecule has 0 saturated heterocycles. The number of aliphatic imine (C=N–C) groups is 1. The molecule has 0 heterocycles. The summed E-state index contributed by atoms with van der Waals surface area (Å²) < 4.78 is 5.90. The standard InChI is InChI=1S/C32H28N4O/c1-23-3-19-31(20-4-23)37-32-21-17-30(18-22-32)36-29-15-13-28(14-16-29)35-27-11-9-26(10-12-27)34-25-7-5-24(33-2)6-8-25/h3-22,33-34H,1-2H3/p+2. The molecule has 5 nitrogen and oxygen atoms in total. The summed E-state index contributed by atoms with van der Waals surface area (Å²) in [5, 5.41) is 5.31. The van der Waals surface area contributed by atoms with Gasteiger partial charge in [0.15, 0.2) is 0 Å². The molecular formula is C32H30N4O+2. The van der Waals surface area contributed by atoms with Gasteiger partial charge in [0.05, 0.1) is 11.4 Å². The Kier molecular flexibility index (Phi) is 7.34. The second kappa shape index (κ2) is 11.3. The van der Waals surface area contributed by atoms with Gasteiger partial charge in [0.25, 0.3) is 0 Å². The molecule has 0 atom stereocenters. The predicted octanol–water partition coefficient (Wildman–Crippen LogP) is 5.41. The van der Waals surface area contributed by atoms with Gasteiger partial charge in [-0.1, -0.05) is 17.7 Å². The van der Waals surface area contributed by atoms with E-state index >= 15 is 0 Å². The fraction of sp³-hybridized carbons (Fsp3) is 0.0625. The first-order valence-electron chi connectivity index (χ1n) is 12.3. The molecule has 0 aliphatic heterocycles. The number of benzene rings is 4. The van der Waals surface area contributed by atoms with Crippen LogP contribution >= 0.6 is 0 Å². The Morgan fingerprint density at radius 2 is 1.24 bits per heavy atom. The van der Waals surface area contributed by atoms with Crippen molar-refractivity contribution in [1.82, 2.24) is 0 Å². The van der Waals surface area contributed by atoms with E-state index in [2.05, 4.69) is 71.1 Å². The number of nitrogens with one attached hydrogen (secondary N) is 2. The van der Waals surface area contributed by atoms with Crippen molar-refractivity contribution in [3.05, 3.63) is 127 Å². The predicted molar refractivity (Wildman–Crippen MR) is 152 cm³/mol. The van der Waals surface area contributed by atoms with Crippen LogP contribution in [0.25, 0.3) is 0 Å². The summed E-state index contributed by atoms with van der Waals surface area (Å²) in [6.45, 7) is 2.06. The lowest BCUT2D eigenvalue weighted by molar-refractivity contribution is -0.478. The van der Waals surface area contributed by atoms with Crippen LogP contribution in [0.4, 0.5) is 28.4 Å². The third-order valence-electron chi connectivity index (χ3n) is 5.95. The van der Waals surface area contributed by atoms with E-state index in [9.17, 15) is 0 Å². The molecule has 0 radical (unpaired) electrons. The second-order valence-electron chi connectivity index (χ2n) is 8.83. The number of rotatable bonds is 7. The largest absolute Gasteiger partial charge is 0.457 e. The molecule has 0 bridgehead atoms. The van der Waals surface area contributed by atoms with Crippen molar-refractivity contribution >= 4 is 39.9 Å². The fourth-order valence-electron chi connectivity index (χ4n) is 3.87. The third-order valence-corrected chi connectivity index (χ3v) is 5.95. The number of allylic oxidation sites excluding steroid dienone is 4. The van der Waals surface area contributed by atoms with Crippen LogP contribution in [0.3, 0.4) is 0 Å². The van der Waals surface area contributed by atoms with E-state index in [0.29, 0.717) is 0 Å². The molecule has 37 heavy (non-hydrogen) atoms. The molecule has 1 aliphatic carbocycles. The van der Waals surface area contributed by atoms with Crippen molar-refractivity contribution in [1.29, 1.82) is 0 Å². The number of ether oxygens (including phenoxy) is 1. The minimum absolute atomic E-state index is 0.790. The molecule has 4 aromatic carbocycles. The number of quaternary nitrogens is 1. The zero-order valence-electron chi connectivity index (χ0n) is 21.0. The Morgan fingerprint density at radius 3 is 1.84 bits per heavy atom. The first kappa shape index (κ1) is 24.0. The third kappa shape index (κ3) is 6.69. The van der Waals surface area contributed by atoms with Crippen LogP contribution in [0.15, 0.2) is 126 Å². The van der Waals surface area contributed by atoms with Gasteiger partial charge in [-0.25, -0.2) is 9.98 Å². The Labute approximate surface area is 217 Å². The van der Waals surface area contributed by atoms with Gasteiger partial charge in [0.2, 0.25) is 11.4 Å². The Bertz CT molecular complexity index is 1440. The number of hydrogen-bond donors (Lipinski definition) is 3. The lowest BCUT2D eigenvalue weighted by atomic mass is 10.1. The van der Waals surface area contributed by atoms with E-state index < -0.39 is 0 Å². The Morgan fingerprint density at radius 1 is 0.676 bits per heavy atom. The van der Waals surface area contributed by atoms with Gasteiger partial charge < -0.3 is 10.1 Å². The van der Waals surface area contributed by atoms with Crippen molar-refractivity contribution in [3.63, 3.8) is 0 Å². The number of nitrogens with zero attached hydrogens (tertiary/aromatic N) is 1. The topological polar surface area (TPSA) is 64.2 Å². The molecule has 0 amide bonds. The summed E-state index contributed by atoms with van der Waals surface area (Å²) in [7, 11) is 1.93. The van der Waals surface area contributed by atoms with Gasteiger partial charge >= 0.3 is 0 Å². The highest BCUT2D eigenvalue weighted by molar-refractivity contribution is 6.17. The number of nitrogens with two attached hydrogens (primary N) is 1. The lowest BCUT2D eigenvalue weighted by Crippen LogP contribution is -2.71. The van der Waals surface area contributed by atoms with Gasteiger partial charge in [-0.15, -0.1) is 0 Å². The van der Waals surface area contributed by atoms with E-state index in [-0.39, 0.29) is 0 Å². The molecule has 4 aromatic rings. The minimum Gasteiger partial charge on any atom is -0.457 e. The van der Waals surface area contributed by atoms with Crippen molar-refractivity contribution in [3.8, 4) is 11.5 Å². The first-order valence-corrected chi connectivity index (χ1v) is 12.3. The van der Waals surface area contributed by atoms with Crippen LogP contribution < -0.4 is 20.4 Å². The molecule has 182 valence electrons. The van der Waals surface area contributed by atoms with Gasteiger partial charge in [-0.3, -0.25) is 5.32 Å². The average Bonchev–Trinajstić information content (AvgIpc) is 2.94. The molecule has 0 unspecified atom stereocenters. The highest BCUT2D eigenvalue weighted by atomic mass is 16.5. The van der Waals surface area contributed by atoms with Crippen LogP contribution in [0.5, 0.6) is 11.5 Å². The molecule has 5 heteroatoms. The monoisotopic (exact) mass is 486 g/mol. The van der Waals surface area contributed by atoms with Crippen molar-refractivity contribution in [2.24, 2.45) is 4.99 Å². The summed E-state index contributed by atoms with van der Waals surface area (Å²) in [4.78, 5) is 8.17. The zero-order valence-corrected chi connectivity index (χ0v) is 21.0. The highest BCUT2D eigenvalue weighted by Crippen LogP contribution is 2.24. The number of aryl methyl sites for hydroxylation is 1. The van der Waals surface area contributed by atoms with E-state index in [4.69, 9.17) is 9.73 Å². The van der Waals surface area contributed by atoms with Crippen molar-refractivity contribution in [2.45, 2.75) is 6.92 Å². The highest BCUT2D eigenvalue weighted by Gasteiger charge is 2.07. The fourth-order valence-corrected chi connectivity index (χ4v) is 3.87. The molecule has 5 rings (SSSR count). The second-order valence-corrected chi connectivity index (χ2v) is 8.83. The van der Waals surface area contributed by atoms with E-state index in [1.165, 1.54) is 11.3 Å². The van der Waals surface area contributed by atoms with Crippen molar-refractivity contribution < 1.29 is 15.0 Å². The molecule has 1 aliphatic rings. The van der Waals surface area contributed by atoms with Crippen LogP contribution in [0.2, 0.25) is 0 Å². The Balaban J connectivity index is 1.18. The van der Waals surface area contributed by atoms with Crippen LogP contribution in [-0.4, -0.2) is 18.5 Å². The molecule has 4 N–H and O–H groups in total. The van der Waals surface area contributed by atoms with E-state index in [1.54, 1.807) is 0 Å². The first-order chi connectivity index (χ1) is 18.1. The van der Waals surface area contributed by atoms with Gasteiger partial charge in [-0.05, 0) is 67.6 Å². The van der Waals surface area contributed by atoms with Gasteiger partial charge in [0, 0.05) is 61.3 Å². The van der Waals surface area contributed by atoms with Crippen molar-refractivity contribution in [2.75, 3.05) is 12.4 Å². The minimum atomic E-state index is 0.790. The van der Waals surface area contributed by atoms with Gasteiger partial charge in [-0.2, -0.15) is 0 Å². The van der Waals surface area contributed by atoms with E-state index in [0.717, 1.165) is 45.7 Å². The summed E-state index contributed by atoms with van der Waals surface area (Å²) in [5.41, 5.74) is 8.48. The van der Waals surface area contributed by atoms with Crippen LogP contribution in [-0.2, 0) is 0 Å². The summed E-state index contributed by atoms with van der Waals surface area (Å²) >= 11 is 0. The molecule has 0 saturated carbocycles. The molecular weight excluding hydrogens is 456 g/mol. The zero-order chi connectivity index (χ0) is 25.5. The summed E-state index contributed by atoms with van der Waals surface area (Å²) in [6.07, 6.45) is 8.10. The smallest absolute Gasteiger partial charge is 0.204 e. The Hall–Kier alpha value is -4.74.